The Balaban J connectivity index is 1.26. The number of thioether (sulfide) groups is 1. The van der Waals surface area contributed by atoms with Gasteiger partial charge in [0.05, 0.1) is 22.7 Å². The molecule has 1 saturated heterocycles. The van der Waals surface area contributed by atoms with Gasteiger partial charge in [-0.25, -0.2) is 9.07 Å². The van der Waals surface area contributed by atoms with Gasteiger partial charge in [-0.2, -0.15) is 5.10 Å². The molecule has 0 bridgehead atoms. The van der Waals surface area contributed by atoms with Crippen LogP contribution in [0.25, 0.3) is 16.6 Å². The van der Waals surface area contributed by atoms with E-state index < -0.39 is 0 Å². The number of hydrogen-bond donors (Lipinski definition) is 1. The van der Waals surface area contributed by atoms with Crippen LogP contribution in [0, 0.1) is 5.82 Å². The van der Waals surface area contributed by atoms with Crippen molar-refractivity contribution in [1.82, 2.24) is 19.7 Å². The Morgan fingerprint density at radius 3 is 2.84 bits per heavy atom. The molecule has 1 N–H and O–H groups in total. The third-order valence-corrected chi connectivity index (χ3v) is 6.72. The first-order valence-electron chi connectivity index (χ1n) is 10.4. The maximum Gasteiger partial charge on any atom is 0.238 e. The summed E-state index contributed by atoms with van der Waals surface area (Å²) < 4.78 is 15.9. The molecule has 1 aliphatic rings. The molecule has 5 rings (SSSR count). The lowest BCUT2D eigenvalue weighted by Gasteiger charge is -2.31. The van der Waals surface area contributed by atoms with Gasteiger partial charge in [0.15, 0.2) is 0 Å². The highest BCUT2D eigenvalue weighted by Crippen LogP contribution is 2.25. The fourth-order valence-electron chi connectivity index (χ4n) is 3.90. The Morgan fingerprint density at radius 1 is 1.16 bits per heavy atom. The number of halogens is 1. The average molecular weight is 448 g/mol. The predicted octanol–water partition coefficient (Wildman–Crippen LogP) is 4.12. The van der Waals surface area contributed by atoms with Crippen molar-refractivity contribution >= 4 is 34.3 Å². The molecule has 32 heavy (non-hydrogen) atoms. The number of rotatable bonds is 5. The van der Waals surface area contributed by atoms with Crippen LogP contribution in [-0.4, -0.2) is 49.7 Å². The Hall–Kier alpha value is -3.23. The zero-order chi connectivity index (χ0) is 21.9. The Labute approximate surface area is 189 Å². The lowest BCUT2D eigenvalue weighted by molar-refractivity contribution is -0.116. The van der Waals surface area contributed by atoms with Crippen LogP contribution >= 0.6 is 11.8 Å². The highest BCUT2D eigenvalue weighted by atomic mass is 32.2. The van der Waals surface area contributed by atoms with Crippen LogP contribution in [0.15, 0.2) is 73.2 Å². The number of carbonyl (C=O) groups is 1. The second kappa shape index (κ2) is 9.10. The van der Waals surface area contributed by atoms with Crippen molar-refractivity contribution in [3.63, 3.8) is 0 Å². The maximum absolute atomic E-state index is 14.0. The Bertz CT molecular complexity index is 1250. The first-order chi connectivity index (χ1) is 15.7. The van der Waals surface area contributed by atoms with E-state index in [0.717, 1.165) is 34.6 Å². The molecule has 0 spiro atoms. The molecule has 1 unspecified atom stereocenters. The highest BCUT2D eigenvalue weighted by molar-refractivity contribution is 8.00. The number of fused-ring (bicyclic) bond motifs is 1. The van der Waals surface area contributed by atoms with Crippen molar-refractivity contribution in [3.05, 3.63) is 84.6 Å². The number of hydrogen-bond acceptors (Lipinski definition) is 5. The number of nitrogens with one attached hydrogen (secondary N) is 1. The average Bonchev–Trinajstić information content (AvgIpc) is 3.25. The van der Waals surface area contributed by atoms with E-state index in [4.69, 9.17) is 0 Å². The lowest BCUT2D eigenvalue weighted by Crippen LogP contribution is -2.43. The summed E-state index contributed by atoms with van der Waals surface area (Å²) in [6.45, 7) is 1.94. The minimum atomic E-state index is -0.203. The Kier molecular flexibility index (Phi) is 5.87. The fraction of sp³-hybridized carbons (Fsp3) is 0.208. The molecule has 2 aromatic carbocycles. The van der Waals surface area contributed by atoms with Crippen LogP contribution in [0.4, 0.5) is 10.1 Å². The van der Waals surface area contributed by atoms with Gasteiger partial charge in [-0.1, -0.05) is 18.2 Å². The number of amides is 1. The van der Waals surface area contributed by atoms with Crippen LogP contribution in [0.1, 0.15) is 5.56 Å². The zero-order valence-corrected chi connectivity index (χ0v) is 18.1. The molecular formula is C24H22FN5OS. The first-order valence-corrected chi connectivity index (χ1v) is 11.5. The molecule has 0 radical (unpaired) electrons. The minimum Gasteiger partial charge on any atom is -0.325 e. The number of benzene rings is 2. The van der Waals surface area contributed by atoms with Crippen LogP contribution in [0.2, 0.25) is 0 Å². The van der Waals surface area contributed by atoms with E-state index in [1.807, 2.05) is 41.1 Å². The van der Waals surface area contributed by atoms with Crippen molar-refractivity contribution < 1.29 is 9.18 Å². The molecule has 2 aromatic heterocycles. The van der Waals surface area contributed by atoms with Gasteiger partial charge in [-0.3, -0.25) is 14.7 Å². The third-order valence-electron chi connectivity index (χ3n) is 5.54. The van der Waals surface area contributed by atoms with E-state index in [9.17, 15) is 9.18 Å². The summed E-state index contributed by atoms with van der Waals surface area (Å²) >= 11 is 1.64. The molecule has 1 aliphatic heterocycles. The van der Waals surface area contributed by atoms with Crippen molar-refractivity contribution in [2.24, 2.45) is 0 Å². The molecule has 1 atom stereocenters. The third kappa shape index (κ3) is 4.37. The highest BCUT2D eigenvalue weighted by Gasteiger charge is 2.27. The molecule has 162 valence electrons. The summed E-state index contributed by atoms with van der Waals surface area (Å²) in [5.41, 5.74) is 3.29. The van der Waals surface area contributed by atoms with E-state index in [0.29, 0.717) is 18.7 Å². The smallest absolute Gasteiger partial charge is 0.238 e. The van der Waals surface area contributed by atoms with Gasteiger partial charge in [0.2, 0.25) is 5.91 Å². The van der Waals surface area contributed by atoms with Crippen LogP contribution in [0.5, 0.6) is 0 Å². The summed E-state index contributed by atoms with van der Waals surface area (Å²) in [7, 11) is 0. The fourth-order valence-corrected chi connectivity index (χ4v) is 5.07. The number of pyridine rings is 1. The predicted molar refractivity (Wildman–Crippen MR) is 125 cm³/mol. The normalized spacial score (nSPS) is 16.8. The van der Waals surface area contributed by atoms with Crippen LogP contribution in [-0.2, 0) is 11.3 Å². The van der Waals surface area contributed by atoms with Gasteiger partial charge in [-0.05, 0) is 36.4 Å². The van der Waals surface area contributed by atoms with Crippen LogP contribution in [0.3, 0.4) is 0 Å². The van der Waals surface area contributed by atoms with Gasteiger partial charge in [-0.15, -0.1) is 11.8 Å². The first kappa shape index (κ1) is 20.7. The number of nitrogens with zero attached hydrogens (tertiary/aromatic N) is 4. The number of anilines is 1. The topological polar surface area (TPSA) is 63.1 Å². The SMILES string of the molecule is O=C(Nc1ccc2c(cnn2-c2ccncc2)c1)C1CN(Cc2ccccc2F)CCS1. The zero-order valence-electron chi connectivity index (χ0n) is 17.3. The largest absolute Gasteiger partial charge is 0.325 e. The molecule has 1 amide bonds. The van der Waals surface area contributed by atoms with Crippen LogP contribution < -0.4 is 5.32 Å². The molecule has 3 heterocycles. The van der Waals surface area contributed by atoms with Gasteiger partial charge in [0.1, 0.15) is 5.82 Å². The lowest BCUT2D eigenvalue weighted by atomic mass is 10.2. The van der Waals surface area contributed by atoms with E-state index in [1.54, 1.807) is 42.5 Å². The standard InChI is InChI=1S/C24H22FN5OS/c25-21-4-2-1-3-17(21)15-29-11-12-32-23(16-29)24(31)28-19-5-6-22-18(13-19)14-27-30(22)20-7-9-26-10-8-20/h1-10,13-14,23H,11-12,15-16H2,(H,28,31). The molecular weight excluding hydrogens is 425 g/mol. The monoisotopic (exact) mass is 447 g/mol. The maximum atomic E-state index is 14.0. The summed E-state index contributed by atoms with van der Waals surface area (Å²) in [4.78, 5) is 19.1. The minimum absolute atomic E-state index is 0.0332. The van der Waals surface area contributed by atoms with Gasteiger partial charge in [0, 0.05) is 54.4 Å². The second-order valence-electron chi connectivity index (χ2n) is 7.71. The van der Waals surface area contributed by atoms with Crippen molar-refractivity contribution in [2.75, 3.05) is 24.2 Å². The summed E-state index contributed by atoms with van der Waals surface area (Å²) in [6.07, 6.45) is 5.25. The second-order valence-corrected chi connectivity index (χ2v) is 9.02. The van der Waals surface area contributed by atoms with E-state index in [1.165, 1.54) is 6.07 Å². The summed E-state index contributed by atoms with van der Waals surface area (Å²) in [5.74, 6) is 0.603. The summed E-state index contributed by atoms with van der Waals surface area (Å²) in [6, 6.07) is 16.4. The summed E-state index contributed by atoms with van der Waals surface area (Å²) in [5, 5.41) is 8.25. The van der Waals surface area contributed by atoms with E-state index >= 15 is 0 Å². The van der Waals surface area contributed by atoms with Crippen molar-refractivity contribution in [3.8, 4) is 5.69 Å². The molecule has 0 aliphatic carbocycles. The van der Waals surface area contributed by atoms with Gasteiger partial charge in [0.25, 0.3) is 0 Å². The molecule has 4 aromatic rings. The molecule has 1 fully saturated rings. The molecule has 0 saturated carbocycles. The van der Waals surface area contributed by atoms with E-state index in [-0.39, 0.29) is 17.0 Å². The number of carbonyl (C=O) groups excluding carboxylic acids is 1. The van der Waals surface area contributed by atoms with Crippen molar-refractivity contribution in [2.45, 2.75) is 11.8 Å². The van der Waals surface area contributed by atoms with Crippen molar-refractivity contribution in [1.29, 1.82) is 0 Å². The molecule has 6 nitrogen and oxygen atoms in total. The Morgan fingerprint density at radius 2 is 2.00 bits per heavy atom. The van der Waals surface area contributed by atoms with Gasteiger partial charge >= 0.3 is 0 Å². The quantitative estimate of drug-likeness (QED) is 0.499. The molecule has 8 heteroatoms. The number of aromatic nitrogens is 3. The van der Waals surface area contributed by atoms with Gasteiger partial charge < -0.3 is 5.32 Å². The van der Waals surface area contributed by atoms with E-state index in [2.05, 4.69) is 20.3 Å².